The van der Waals surface area contributed by atoms with E-state index < -0.39 is 5.60 Å². The summed E-state index contributed by atoms with van der Waals surface area (Å²) in [5.74, 6) is -0.355. The van der Waals surface area contributed by atoms with Gasteiger partial charge in [0.05, 0.1) is 31.7 Å². The van der Waals surface area contributed by atoms with Gasteiger partial charge in [-0.15, -0.1) is 0 Å². The third-order valence-corrected chi connectivity index (χ3v) is 5.93. The number of rotatable bonds is 7. The Hall–Kier alpha value is -3.66. The van der Waals surface area contributed by atoms with Crippen molar-refractivity contribution < 1.29 is 14.3 Å². The van der Waals surface area contributed by atoms with Crippen molar-refractivity contribution in [2.45, 2.75) is 17.9 Å². The molecule has 6 nitrogen and oxygen atoms in total. The van der Waals surface area contributed by atoms with Crippen LogP contribution in [0, 0.1) is 11.3 Å². The van der Waals surface area contributed by atoms with Crippen LogP contribution in [0.25, 0.3) is 0 Å². The zero-order chi connectivity index (χ0) is 23.1. The second-order valence-corrected chi connectivity index (χ2v) is 8.09. The third-order valence-electron chi connectivity index (χ3n) is 5.93. The molecule has 3 aromatic rings. The maximum absolute atomic E-state index is 12.6. The molecule has 0 saturated carbocycles. The van der Waals surface area contributed by atoms with Gasteiger partial charge in [0, 0.05) is 12.8 Å². The molecule has 4 rings (SSSR count). The predicted octanol–water partition coefficient (Wildman–Crippen LogP) is 4.58. The van der Waals surface area contributed by atoms with Crippen LogP contribution >= 0.6 is 0 Å². The van der Waals surface area contributed by atoms with Gasteiger partial charge in [-0.25, -0.2) is 4.79 Å². The van der Waals surface area contributed by atoms with E-state index in [0.717, 1.165) is 23.1 Å². The molecular formula is C27H27N3O3. The van der Waals surface area contributed by atoms with E-state index in [1.165, 1.54) is 5.56 Å². The van der Waals surface area contributed by atoms with E-state index in [1.54, 1.807) is 19.2 Å². The van der Waals surface area contributed by atoms with E-state index in [0.29, 0.717) is 18.9 Å². The van der Waals surface area contributed by atoms with Gasteiger partial charge in [-0.1, -0.05) is 66.7 Å². The lowest BCUT2D eigenvalue weighted by atomic mass is 9.86. The summed E-state index contributed by atoms with van der Waals surface area (Å²) in [5, 5.41) is 15.4. The van der Waals surface area contributed by atoms with Crippen molar-refractivity contribution in [2.75, 3.05) is 32.2 Å². The molecule has 0 aromatic heterocycles. The maximum Gasteiger partial charge on any atom is 0.319 e. The van der Waals surface area contributed by atoms with Crippen molar-refractivity contribution in [3.63, 3.8) is 0 Å². The Morgan fingerprint density at radius 1 is 1.06 bits per heavy atom. The molecule has 0 bridgehead atoms. The number of ether oxygens (including phenoxy) is 2. The van der Waals surface area contributed by atoms with Crippen LogP contribution in [0.2, 0.25) is 0 Å². The van der Waals surface area contributed by atoms with Crippen LogP contribution in [0.4, 0.5) is 10.5 Å². The first kappa shape index (κ1) is 22.5. The molecule has 1 aliphatic rings. The number of methoxy groups -OCH3 is 1. The molecule has 0 spiro atoms. The molecule has 2 N–H and O–H groups in total. The molecule has 2 amide bonds. The van der Waals surface area contributed by atoms with E-state index in [1.807, 2.05) is 60.7 Å². The highest BCUT2D eigenvalue weighted by Crippen LogP contribution is 2.33. The number of benzene rings is 3. The molecule has 2 atom stereocenters. The average molecular weight is 442 g/mol. The van der Waals surface area contributed by atoms with Gasteiger partial charge in [-0.2, -0.15) is 5.26 Å². The highest BCUT2D eigenvalue weighted by atomic mass is 16.5. The van der Waals surface area contributed by atoms with Crippen LogP contribution in [0.5, 0.6) is 0 Å². The van der Waals surface area contributed by atoms with Gasteiger partial charge < -0.3 is 20.1 Å². The van der Waals surface area contributed by atoms with Crippen LogP contribution in [0.3, 0.4) is 0 Å². The van der Waals surface area contributed by atoms with Gasteiger partial charge in [0.2, 0.25) is 0 Å². The summed E-state index contributed by atoms with van der Waals surface area (Å²) in [5.41, 5.74) is 4.00. The number of anilines is 1. The minimum absolute atomic E-state index is 0.284. The molecule has 3 aromatic carbocycles. The molecule has 2 unspecified atom stereocenters. The van der Waals surface area contributed by atoms with E-state index in [4.69, 9.17) is 9.47 Å². The Morgan fingerprint density at radius 3 is 2.48 bits per heavy atom. The van der Waals surface area contributed by atoms with Gasteiger partial charge in [0.15, 0.2) is 0 Å². The van der Waals surface area contributed by atoms with Crippen molar-refractivity contribution >= 4 is 11.7 Å². The number of hydrogen-bond acceptors (Lipinski definition) is 4. The number of urea groups is 1. The molecule has 6 heteroatoms. The second kappa shape index (κ2) is 10.3. The highest BCUT2D eigenvalue weighted by Gasteiger charge is 2.38. The summed E-state index contributed by atoms with van der Waals surface area (Å²) in [6.45, 7) is 1.20. The number of amides is 2. The van der Waals surface area contributed by atoms with E-state index in [2.05, 4.69) is 22.8 Å². The third kappa shape index (κ3) is 5.06. The number of nitrogens with one attached hydrogen (secondary N) is 2. The Kier molecular flexibility index (Phi) is 7.04. The summed E-state index contributed by atoms with van der Waals surface area (Å²) in [6, 6.07) is 27.1. The average Bonchev–Trinajstić information content (AvgIpc) is 2.85. The second-order valence-electron chi connectivity index (χ2n) is 8.09. The lowest BCUT2D eigenvalue weighted by Crippen LogP contribution is -2.49. The summed E-state index contributed by atoms with van der Waals surface area (Å²) in [4.78, 5) is 12.6. The van der Waals surface area contributed by atoms with Crippen LogP contribution in [0.1, 0.15) is 28.2 Å². The number of fused-ring (bicyclic) bond motifs is 1. The summed E-state index contributed by atoms with van der Waals surface area (Å²) in [7, 11) is 1.63. The molecule has 0 radical (unpaired) electrons. The zero-order valence-electron chi connectivity index (χ0n) is 18.6. The van der Waals surface area contributed by atoms with Crippen molar-refractivity contribution in [1.29, 1.82) is 5.26 Å². The molecule has 0 aliphatic carbocycles. The fraction of sp³-hybridized carbons (Fsp3) is 0.259. The number of hydrogen-bond donors (Lipinski definition) is 2. The normalized spacial score (nSPS) is 17.9. The molecule has 1 heterocycles. The number of carbonyl (C=O) groups excluding carboxylic acids is 1. The maximum atomic E-state index is 12.6. The Morgan fingerprint density at radius 2 is 1.76 bits per heavy atom. The van der Waals surface area contributed by atoms with Crippen molar-refractivity contribution in [2.24, 2.45) is 0 Å². The fourth-order valence-corrected chi connectivity index (χ4v) is 4.31. The Balaban J connectivity index is 1.41. The van der Waals surface area contributed by atoms with Gasteiger partial charge in [-0.05, 0) is 40.8 Å². The molecular weight excluding hydrogens is 414 g/mol. The summed E-state index contributed by atoms with van der Waals surface area (Å²) >= 11 is 0. The monoisotopic (exact) mass is 441 g/mol. The summed E-state index contributed by atoms with van der Waals surface area (Å²) in [6.07, 6.45) is 0.840. The summed E-state index contributed by atoms with van der Waals surface area (Å²) < 4.78 is 11.6. The first-order chi connectivity index (χ1) is 16.1. The van der Waals surface area contributed by atoms with Crippen molar-refractivity contribution in [3.05, 3.63) is 101 Å². The number of nitrogens with zero attached hydrogens (tertiary/aromatic N) is 1. The molecule has 168 valence electrons. The fourth-order valence-electron chi connectivity index (χ4n) is 4.31. The van der Waals surface area contributed by atoms with Gasteiger partial charge in [0.1, 0.15) is 5.60 Å². The smallest absolute Gasteiger partial charge is 0.319 e. The SMILES string of the molecule is COCC1(CNC(=O)Nc2ccc(C(C#N)c3ccccc3)cc2)OCCc2ccccc21. The largest absolute Gasteiger partial charge is 0.381 e. The van der Waals surface area contributed by atoms with Crippen LogP contribution in [-0.2, 0) is 21.5 Å². The minimum Gasteiger partial charge on any atom is -0.381 e. The Labute approximate surface area is 194 Å². The van der Waals surface area contributed by atoms with Crippen molar-refractivity contribution in [3.8, 4) is 6.07 Å². The van der Waals surface area contributed by atoms with Gasteiger partial charge in [-0.3, -0.25) is 0 Å². The first-order valence-corrected chi connectivity index (χ1v) is 11.0. The lowest BCUT2D eigenvalue weighted by molar-refractivity contribution is -0.0992. The Bertz CT molecular complexity index is 1130. The lowest BCUT2D eigenvalue weighted by Gasteiger charge is -2.38. The van der Waals surface area contributed by atoms with E-state index in [9.17, 15) is 10.1 Å². The zero-order valence-corrected chi connectivity index (χ0v) is 18.6. The molecule has 1 aliphatic heterocycles. The van der Waals surface area contributed by atoms with Crippen LogP contribution in [-0.4, -0.2) is 32.9 Å². The van der Waals surface area contributed by atoms with E-state index >= 15 is 0 Å². The van der Waals surface area contributed by atoms with Gasteiger partial charge >= 0.3 is 6.03 Å². The molecule has 0 fully saturated rings. The van der Waals surface area contributed by atoms with Crippen LogP contribution in [0.15, 0.2) is 78.9 Å². The number of carbonyl (C=O) groups is 1. The molecule has 33 heavy (non-hydrogen) atoms. The van der Waals surface area contributed by atoms with Crippen molar-refractivity contribution in [1.82, 2.24) is 5.32 Å². The highest BCUT2D eigenvalue weighted by molar-refractivity contribution is 5.89. The molecule has 0 saturated heterocycles. The number of nitriles is 1. The van der Waals surface area contributed by atoms with Crippen LogP contribution < -0.4 is 10.6 Å². The predicted molar refractivity (Wildman–Crippen MR) is 127 cm³/mol. The standard InChI is InChI=1S/C27H27N3O3/c1-32-19-27(25-10-6-5-9-22(25)15-16-33-27)18-29-26(31)30-23-13-11-21(12-14-23)24(17-28)20-7-3-2-4-8-20/h2-14,24H,15-16,18-19H2,1H3,(H2,29,30,31). The quantitative estimate of drug-likeness (QED) is 0.562. The van der Waals surface area contributed by atoms with E-state index in [-0.39, 0.29) is 18.5 Å². The first-order valence-electron chi connectivity index (χ1n) is 11.0. The van der Waals surface area contributed by atoms with Gasteiger partial charge in [0.25, 0.3) is 0 Å². The minimum atomic E-state index is -0.722. The topological polar surface area (TPSA) is 83.4 Å².